The van der Waals surface area contributed by atoms with Crippen molar-refractivity contribution in [2.45, 2.75) is 277 Å². The van der Waals surface area contributed by atoms with Crippen molar-refractivity contribution in [2.24, 2.45) is 0 Å². The van der Waals surface area contributed by atoms with Gasteiger partial charge in [-0.1, -0.05) is 219 Å². The fraction of sp³-hybridized carbons (Fsp3) is 0.902. The first-order valence-electron chi connectivity index (χ1n) is 25.2. The zero-order chi connectivity index (χ0) is 41.4. The first-order valence-corrected chi connectivity index (χ1v) is 25.2. The van der Waals surface area contributed by atoms with Gasteiger partial charge >= 0.3 is 17.9 Å². The van der Waals surface area contributed by atoms with E-state index in [1.807, 2.05) is 0 Å². The summed E-state index contributed by atoms with van der Waals surface area (Å²) in [5.41, 5.74) is 0. The third-order valence-corrected chi connectivity index (χ3v) is 11.3. The van der Waals surface area contributed by atoms with Crippen LogP contribution in [0.4, 0.5) is 0 Å². The minimum absolute atomic E-state index is 0.00496. The Kier molecular flexibility index (Phi) is 46.9. The molecule has 0 bridgehead atoms. The second kappa shape index (κ2) is 48.5. The van der Waals surface area contributed by atoms with Crippen LogP contribution in [0.15, 0.2) is 12.2 Å². The maximum Gasteiger partial charge on any atom is 0.309 e. The van der Waals surface area contributed by atoms with Crippen molar-refractivity contribution in [3.05, 3.63) is 12.2 Å². The summed E-state index contributed by atoms with van der Waals surface area (Å²) in [6.07, 6.45) is 53.4. The normalized spacial score (nSPS) is 11.4. The Morgan fingerprint density at radius 1 is 0.281 bits per heavy atom. The quantitative estimate of drug-likeness (QED) is 0.0264. The Labute approximate surface area is 354 Å². The number of hydrogen-bond acceptors (Lipinski definition) is 6. The largest absolute Gasteiger partial charge is 0.466 e. The Balaban J connectivity index is 3.32. The SMILES string of the molecule is CCCCCCCCCCCCCCCC(=O)OCCCCCCCCC=CCCCCCCCC(=O)OCCC(=O)OCCCCCCCCCCCCCC. The number of allylic oxidation sites excluding steroid dienone is 2. The molecule has 0 N–H and O–H groups in total. The van der Waals surface area contributed by atoms with Crippen molar-refractivity contribution in [2.75, 3.05) is 19.8 Å². The van der Waals surface area contributed by atoms with Crippen LogP contribution in [-0.2, 0) is 28.6 Å². The van der Waals surface area contributed by atoms with Gasteiger partial charge in [0.15, 0.2) is 0 Å². The van der Waals surface area contributed by atoms with Crippen LogP contribution in [0, 0.1) is 0 Å². The highest BCUT2D eigenvalue weighted by Gasteiger charge is 2.07. The molecule has 0 saturated heterocycles. The highest BCUT2D eigenvalue weighted by molar-refractivity contribution is 5.71. The molecule has 57 heavy (non-hydrogen) atoms. The zero-order valence-corrected chi connectivity index (χ0v) is 38.2. The topological polar surface area (TPSA) is 78.9 Å². The molecule has 0 radical (unpaired) electrons. The van der Waals surface area contributed by atoms with Gasteiger partial charge in [0.2, 0.25) is 0 Å². The lowest BCUT2D eigenvalue weighted by molar-refractivity contribution is -0.149. The minimum Gasteiger partial charge on any atom is -0.466 e. The van der Waals surface area contributed by atoms with Crippen LogP contribution in [0.2, 0.25) is 0 Å². The molecule has 0 aliphatic heterocycles. The molecule has 0 aliphatic rings. The summed E-state index contributed by atoms with van der Waals surface area (Å²) in [7, 11) is 0. The lowest BCUT2D eigenvalue weighted by Crippen LogP contribution is -2.12. The third kappa shape index (κ3) is 48.4. The average molecular weight is 805 g/mol. The smallest absolute Gasteiger partial charge is 0.309 e. The third-order valence-electron chi connectivity index (χ3n) is 11.3. The zero-order valence-electron chi connectivity index (χ0n) is 38.2. The Hall–Kier alpha value is -1.85. The Bertz CT molecular complexity index is 870. The van der Waals surface area contributed by atoms with Gasteiger partial charge in [-0.3, -0.25) is 14.4 Å². The first-order chi connectivity index (χ1) is 28.1. The van der Waals surface area contributed by atoms with Crippen LogP contribution in [0.25, 0.3) is 0 Å². The van der Waals surface area contributed by atoms with E-state index in [0.717, 1.165) is 70.6 Å². The van der Waals surface area contributed by atoms with Crippen molar-refractivity contribution < 1.29 is 28.6 Å². The molecule has 0 aromatic rings. The van der Waals surface area contributed by atoms with Crippen molar-refractivity contribution in [1.29, 1.82) is 0 Å². The molecule has 0 atom stereocenters. The second-order valence-corrected chi connectivity index (χ2v) is 17.0. The maximum absolute atomic E-state index is 12.0. The van der Waals surface area contributed by atoms with Gasteiger partial charge in [-0.05, 0) is 51.4 Å². The van der Waals surface area contributed by atoms with E-state index < -0.39 is 0 Å². The molecule has 0 aromatic carbocycles. The van der Waals surface area contributed by atoms with E-state index in [2.05, 4.69) is 26.0 Å². The molecule has 6 nitrogen and oxygen atoms in total. The molecule has 0 saturated carbocycles. The summed E-state index contributed by atoms with van der Waals surface area (Å²) in [5.74, 6) is -0.477. The number of esters is 3. The van der Waals surface area contributed by atoms with Gasteiger partial charge in [-0.25, -0.2) is 0 Å². The van der Waals surface area contributed by atoms with Crippen LogP contribution in [0.3, 0.4) is 0 Å². The van der Waals surface area contributed by atoms with E-state index in [1.54, 1.807) is 0 Å². The number of carbonyl (C=O) groups is 3. The molecular formula is C51H96O6. The molecule has 6 heteroatoms. The monoisotopic (exact) mass is 805 g/mol. The van der Waals surface area contributed by atoms with Crippen molar-refractivity contribution in [3.63, 3.8) is 0 Å². The van der Waals surface area contributed by atoms with Gasteiger partial charge < -0.3 is 14.2 Å². The number of unbranched alkanes of at least 4 members (excludes halogenated alkanes) is 34. The van der Waals surface area contributed by atoms with Gasteiger partial charge in [-0.15, -0.1) is 0 Å². The van der Waals surface area contributed by atoms with Gasteiger partial charge in [0, 0.05) is 12.8 Å². The minimum atomic E-state index is -0.266. The summed E-state index contributed by atoms with van der Waals surface area (Å²) < 4.78 is 16.0. The standard InChI is InChI=1S/C51H96O6/c1-3-5-7-9-11-13-15-20-23-27-31-35-39-43-49(52)55-46-41-37-33-30-26-22-19-17-18-21-24-28-32-36-40-44-50(53)57-48-45-51(54)56-47-42-38-34-29-25-16-14-12-10-8-6-4-2/h17-18H,3-16,19-48H2,1-2H3. The number of hydrogen-bond donors (Lipinski definition) is 0. The molecule has 0 amide bonds. The molecule has 0 aliphatic carbocycles. The van der Waals surface area contributed by atoms with Gasteiger partial charge in [-0.2, -0.15) is 0 Å². The van der Waals surface area contributed by atoms with Crippen molar-refractivity contribution >= 4 is 17.9 Å². The Morgan fingerprint density at radius 2 is 0.526 bits per heavy atom. The molecular weight excluding hydrogens is 709 g/mol. The predicted octanol–water partition coefficient (Wildman–Crippen LogP) is 16.2. The van der Waals surface area contributed by atoms with E-state index in [-0.39, 0.29) is 30.9 Å². The molecule has 0 aromatic heterocycles. The van der Waals surface area contributed by atoms with Crippen LogP contribution in [0.5, 0.6) is 0 Å². The van der Waals surface area contributed by atoms with Crippen molar-refractivity contribution in [1.82, 2.24) is 0 Å². The number of carbonyl (C=O) groups excluding carboxylic acids is 3. The molecule has 0 heterocycles. The summed E-state index contributed by atoms with van der Waals surface area (Å²) in [6, 6.07) is 0. The summed E-state index contributed by atoms with van der Waals surface area (Å²) in [4.78, 5) is 35.9. The lowest BCUT2D eigenvalue weighted by atomic mass is 10.0. The van der Waals surface area contributed by atoms with Crippen LogP contribution >= 0.6 is 0 Å². The molecule has 0 rings (SSSR count). The summed E-state index contributed by atoms with van der Waals surface area (Å²) >= 11 is 0. The number of ether oxygens (including phenoxy) is 3. The first kappa shape index (κ1) is 55.2. The summed E-state index contributed by atoms with van der Waals surface area (Å²) in [6.45, 7) is 5.73. The van der Waals surface area contributed by atoms with Gasteiger partial charge in [0.25, 0.3) is 0 Å². The number of rotatable bonds is 47. The van der Waals surface area contributed by atoms with E-state index in [4.69, 9.17) is 14.2 Å². The van der Waals surface area contributed by atoms with Crippen LogP contribution in [-0.4, -0.2) is 37.7 Å². The molecule has 0 fully saturated rings. The van der Waals surface area contributed by atoms with Crippen molar-refractivity contribution in [3.8, 4) is 0 Å². The molecule has 336 valence electrons. The lowest BCUT2D eigenvalue weighted by Gasteiger charge is -2.06. The van der Waals surface area contributed by atoms with Gasteiger partial charge in [0.1, 0.15) is 6.61 Å². The fourth-order valence-electron chi connectivity index (χ4n) is 7.44. The summed E-state index contributed by atoms with van der Waals surface area (Å²) in [5, 5.41) is 0. The van der Waals surface area contributed by atoms with E-state index in [1.165, 1.54) is 173 Å². The fourth-order valence-corrected chi connectivity index (χ4v) is 7.44. The average Bonchev–Trinajstić information content (AvgIpc) is 3.20. The van der Waals surface area contributed by atoms with E-state index >= 15 is 0 Å². The molecule has 0 unspecified atom stereocenters. The van der Waals surface area contributed by atoms with Crippen LogP contribution < -0.4 is 0 Å². The highest BCUT2D eigenvalue weighted by Crippen LogP contribution is 2.15. The second-order valence-electron chi connectivity index (χ2n) is 17.0. The molecule has 0 spiro atoms. The highest BCUT2D eigenvalue weighted by atomic mass is 16.5. The predicted molar refractivity (Wildman–Crippen MR) is 243 cm³/mol. The maximum atomic E-state index is 12.0. The Morgan fingerprint density at radius 3 is 0.860 bits per heavy atom. The van der Waals surface area contributed by atoms with E-state index in [0.29, 0.717) is 26.1 Å². The van der Waals surface area contributed by atoms with Gasteiger partial charge in [0.05, 0.1) is 19.6 Å². The van der Waals surface area contributed by atoms with E-state index in [9.17, 15) is 14.4 Å². The van der Waals surface area contributed by atoms with Crippen LogP contribution in [0.1, 0.15) is 277 Å².